The summed E-state index contributed by atoms with van der Waals surface area (Å²) in [7, 11) is 0. The Morgan fingerprint density at radius 1 is 0.789 bits per heavy atom. The average molecular weight is 667 g/mol. The molecular weight excluding hydrogens is 634 g/mol. The smallest absolute Gasteiger partial charge is 0.322 e. The number of ether oxygens (including phenoxy) is 5. The molecule has 212 valence electrons. The average Bonchev–Trinajstić information content (AvgIpc) is 3.51. The topological polar surface area (TPSA) is 135 Å². The van der Waals surface area contributed by atoms with Crippen molar-refractivity contribution in [2.24, 2.45) is 17.3 Å². The number of amides is 2. The van der Waals surface area contributed by atoms with E-state index in [1.54, 1.807) is 27.7 Å². The number of halogens is 2. The second kappa shape index (κ2) is 11.7. The number of hydrogen-bond acceptors (Lipinski definition) is 10. The Morgan fingerprint density at radius 2 is 1.26 bits per heavy atom. The summed E-state index contributed by atoms with van der Waals surface area (Å²) in [5, 5.41) is 0. The normalized spacial score (nSPS) is 24.6. The van der Waals surface area contributed by atoms with Crippen molar-refractivity contribution in [1.82, 2.24) is 4.90 Å². The van der Waals surface area contributed by atoms with Gasteiger partial charge >= 0.3 is 17.9 Å². The van der Waals surface area contributed by atoms with E-state index in [9.17, 15) is 24.0 Å². The first-order valence-electron chi connectivity index (χ1n) is 12.2. The summed E-state index contributed by atoms with van der Waals surface area (Å²) in [6.07, 6.45) is 2.95. The molecule has 38 heavy (non-hydrogen) atoms. The van der Waals surface area contributed by atoms with Gasteiger partial charge in [-0.2, -0.15) is 0 Å². The minimum Gasteiger partial charge on any atom is -0.463 e. The summed E-state index contributed by atoms with van der Waals surface area (Å²) >= 11 is 6.41. The number of likely N-dealkylation sites (tertiary alicyclic amines) is 1. The molecule has 0 aromatic rings. The molecule has 0 aromatic carbocycles. The lowest BCUT2D eigenvalue weighted by Crippen LogP contribution is -2.43. The molecule has 2 saturated heterocycles. The lowest BCUT2D eigenvalue weighted by atomic mass is 9.85. The molecule has 2 unspecified atom stereocenters. The van der Waals surface area contributed by atoms with Gasteiger partial charge in [0.15, 0.2) is 0 Å². The van der Waals surface area contributed by atoms with Gasteiger partial charge in [0.2, 0.25) is 11.8 Å². The van der Waals surface area contributed by atoms with Crippen molar-refractivity contribution >= 4 is 61.6 Å². The van der Waals surface area contributed by atoms with Crippen LogP contribution >= 0.6 is 31.9 Å². The first-order chi connectivity index (χ1) is 17.6. The van der Waals surface area contributed by atoms with Crippen LogP contribution in [-0.4, -0.2) is 95.1 Å². The summed E-state index contributed by atoms with van der Waals surface area (Å²) in [6, 6.07) is 0. The van der Waals surface area contributed by atoms with E-state index < -0.39 is 43.8 Å². The number of hydrogen-bond donors (Lipinski definition) is 0. The molecule has 2 fully saturated rings. The van der Waals surface area contributed by atoms with Gasteiger partial charge in [0.1, 0.15) is 33.9 Å². The monoisotopic (exact) mass is 665 g/mol. The van der Waals surface area contributed by atoms with Gasteiger partial charge in [-0.1, -0.05) is 44.0 Å². The van der Waals surface area contributed by atoms with E-state index in [-0.39, 0.29) is 63.6 Å². The number of rotatable bonds is 13. The molecule has 0 saturated carbocycles. The number of fused-ring (bicyclic) bond motifs is 5. The third-order valence-electron chi connectivity index (χ3n) is 6.43. The van der Waals surface area contributed by atoms with Crippen LogP contribution in [0, 0.1) is 17.3 Å². The van der Waals surface area contributed by atoms with Crippen LogP contribution in [0.15, 0.2) is 12.2 Å². The van der Waals surface area contributed by atoms with Gasteiger partial charge in [0.25, 0.3) is 0 Å². The zero-order chi connectivity index (χ0) is 28.5. The zero-order valence-corrected chi connectivity index (χ0v) is 25.2. The van der Waals surface area contributed by atoms with Crippen molar-refractivity contribution in [2.45, 2.75) is 55.5 Å². The molecule has 3 heterocycles. The number of esters is 3. The van der Waals surface area contributed by atoms with Crippen LogP contribution < -0.4 is 0 Å². The predicted octanol–water partition coefficient (Wildman–Crippen LogP) is 1.92. The van der Waals surface area contributed by atoms with Gasteiger partial charge in [0.05, 0.1) is 43.8 Å². The van der Waals surface area contributed by atoms with Crippen LogP contribution in [0.5, 0.6) is 0 Å². The van der Waals surface area contributed by atoms with Gasteiger partial charge in [-0.25, -0.2) is 0 Å². The van der Waals surface area contributed by atoms with Crippen molar-refractivity contribution in [3.63, 3.8) is 0 Å². The molecule has 3 rings (SSSR count). The Balaban J connectivity index is 1.45. The van der Waals surface area contributed by atoms with E-state index in [0.29, 0.717) is 0 Å². The molecule has 0 radical (unpaired) electrons. The maximum absolute atomic E-state index is 12.9. The molecule has 0 aromatic heterocycles. The highest BCUT2D eigenvalue weighted by Crippen LogP contribution is 2.44. The minimum absolute atomic E-state index is 0.00323. The Morgan fingerprint density at radius 3 is 1.71 bits per heavy atom. The van der Waals surface area contributed by atoms with Crippen LogP contribution in [0.1, 0.15) is 34.6 Å². The minimum atomic E-state index is -1.47. The van der Waals surface area contributed by atoms with Crippen molar-refractivity contribution in [3.05, 3.63) is 12.2 Å². The highest BCUT2D eigenvalue weighted by atomic mass is 79.9. The van der Waals surface area contributed by atoms with Crippen LogP contribution in [0.2, 0.25) is 0 Å². The molecule has 3 aliphatic heterocycles. The second-order valence-corrected chi connectivity index (χ2v) is 14.7. The third-order valence-corrected chi connectivity index (χ3v) is 7.08. The number of carbonyl (C=O) groups excluding carboxylic acids is 5. The van der Waals surface area contributed by atoms with Crippen molar-refractivity contribution in [1.29, 1.82) is 0 Å². The van der Waals surface area contributed by atoms with E-state index in [0.717, 1.165) is 0 Å². The van der Waals surface area contributed by atoms with Crippen LogP contribution in [0.4, 0.5) is 0 Å². The first kappa shape index (κ1) is 30.7. The summed E-state index contributed by atoms with van der Waals surface area (Å²) < 4.78 is 25.0. The van der Waals surface area contributed by atoms with Crippen LogP contribution in [-0.2, 0) is 47.7 Å². The molecule has 0 N–H and O–H groups in total. The summed E-state index contributed by atoms with van der Waals surface area (Å²) in [5.41, 5.74) is -1.47. The largest absolute Gasteiger partial charge is 0.463 e. The molecule has 3 aliphatic rings. The first-order valence-corrected chi connectivity index (χ1v) is 13.8. The van der Waals surface area contributed by atoms with E-state index >= 15 is 0 Å². The van der Waals surface area contributed by atoms with Crippen molar-refractivity contribution in [2.75, 3.05) is 39.6 Å². The van der Waals surface area contributed by atoms with Gasteiger partial charge in [-0.15, -0.1) is 0 Å². The van der Waals surface area contributed by atoms with Gasteiger partial charge in [-0.05, 0) is 34.6 Å². The quantitative estimate of drug-likeness (QED) is 0.0717. The van der Waals surface area contributed by atoms with E-state index in [4.69, 9.17) is 23.7 Å². The lowest BCUT2D eigenvalue weighted by Gasteiger charge is -2.28. The lowest BCUT2D eigenvalue weighted by molar-refractivity contribution is -0.172. The Hall–Kier alpha value is -1.83. The SMILES string of the molecule is CC(C)(Br)C(=O)OCC(C)(COC(=O)C(C)(C)Br)C(=O)OCCOCCN1C(=O)[C@@H]2C3C=CC(O3)[C@@H]2C1=O. The highest BCUT2D eigenvalue weighted by molar-refractivity contribution is 9.10. The predicted molar refractivity (Wildman–Crippen MR) is 139 cm³/mol. The van der Waals surface area contributed by atoms with Gasteiger partial charge < -0.3 is 23.7 Å². The van der Waals surface area contributed by atoms with E-state index in [1.165, 1.54) is 11.8 Å². The molecule has 0 aliphatic carbocycles. The Bertz CT molecular complexity index is 939. The maximum Gasteiger partial charge on any atom is 0.322 e. The van der Waals surface area contributed by atoms with Crippen molar-refractivity contribution < 1.29 is 47.7 Å². The number of imide groups is 1. The summed E-state index contributed by atoms with van der Waals surface area (Å²) in [5.74, 6) is -3.40. The fourth-order valence-electron chi connectivity index (χ4n) is 4.16. The third kappa shape index (κ3) is 6.83. The molecule has 0 spiro atoms. The Labute approximate surface area is 238 Å². The maximum atomic E-state index is 12.9. The highest BCUT2D eigenvalue weighted by Gasteiger charge is 2.60. The van der Waals surface area contributed by atoms with Gasteiger partial charge in [0, 0.05) is 0 Å². The molecule has 11 nitrogen and oxygen atoms in total. The molecule has 4 atom stereocenters. The Kier molecular flexibility index (Phi) is 9.48. The number of carbonyl (C=O) groups is 5. The van der Waals surface area contributed by atoms with Gasteiger partial charge in [-0.3, -0.25) is 28.9 Å². The van der Waals surface area contributed by atoms with Crippen LogP contribution in [0.25, 0.3) is 0 Å². The summed E-state index contributed by atoms with van der Waals surface area (Å²) in [6.45, 7) is 7.13. The molecular formula is C25H33Br2NO10. The zero-order valence-electron chi connectivity index (χ0n) is 22.0. The standard InChI is InChI=1S/C25H33Br2NO10/c1-23(2,26)20(31)36-12-25(5,13-37-21(32)24(3,4)27)22(33)35-11-10-34-9-8-28-18(29)16-14-6-7-15(38-14)17(16)19(28)30/h6-7,14-17H,8-13H2,1-5H3/t14?,15?,16-,17+. The van der Waals surface area contributed by atoms with Crippen molar-refractivity contribution in [3.8, 4) is 0 Å². The van der Waals surface area contributed by atoms with Crippen LogP contribution in [0.3, 0.4) is 0 Å². The number of nitrogens with zero attached hydrogens (tertiary/aromatic N) is 1. The fourth-order valence-corrected chi connectivity index (χ4v) is 4.39. The molecule has 2 amide bonds. The second-order valence-electron chi connectivity index (χ2n) is 10.7. The number of alkyl halides is 2. The fraction of sp³-hybridized carbons (Fsp3) is 0.720. The molecule has 13 heteroatoms. The summed E-state index contributed by atoms with van der Waals surface area (Å²) in [4.78, 5) is 63.8. The van der Waals surface area contributed by atoms with E-state index in [1.807, 2.05) is 12.2 Å². The van der Waals surface area contributed by atoms with E-state index in [2.05, 4.69) is 31.9 Å². The molecule has 2 bridgehead atoms.